The number of carbonyl (C=O) groups is 2. The van der Waals surface area contributed by atoms with Gasteiger partial charge in [0.1, 0.15) is 11.4 Å². The first-order chi connectivity index (χ1) is 38.3. The normalized spacial score (nSPS) is 19.0. The average molecular weight is 1250 g/mol. The summed E-state index contributed by atoms with van der Waals surface area (Å²) in [6.07, 6.45) is 4.49. The maximum absolute atomic E-state index is 13.3. The van der Waals surface area contributed by atoms with Crippen molar-refractivity contribution in [3.8, 4) is 0 Å². The number of nitrogens with two attached hydrogens (primary N) is 1. The van der Waals surface area contributed by atoms with Gasteiger partial charge in [0, 0.05) is 60.6 Å². The number of amides is 1. The Balaban J connectivity index is 0.000000165. The van der Waals surface area contributed by atoms with E-state index in [1.807, 2.05) is 113 Å². The third kappa shape index (κ3) is 11.6. The lowest BCUT2D eigenvalue weighted by Gasteiger charge is -2.23. The molecule has 8 heterocycles. The number of halogens is 7. The van der Waals surface area contributed by atoms with Crippen LogP contribution in [0, 0.1) is 0 Å². The smallest absolute Gasteiger partial charge is 0.477 e. The number of benzene rings is 4. The van der Waals surface area contributed by atoms with Crippen LogP contribution in [0.4, 0.5) is 0 Å². The molecule has 0 spiro atoms. The molecule has 24 heteroatoms. The predicted molar refractivity (Wildman–Crippen MR) is 327 cm³/mol. The number of aromatic carboxylic acids is 1. The molecule has 0 saturated carbocycles. The van der Waals surface area contributed by atoms with Crippen LogP contribution >= 0.6 is 82.0 Å². The molecule has 4 aliphatic heterocycles. The van der Waals surface area contributed by atoms with Gasteiger partial charge < -0.3 is 54.0 Å². The molecule has 4 aromatic heterocycles. The van der Waals surface area contributed by atoms with Crippen molar-refractivity contribution in [3.63, 3.8) is 0 Å². The van der Waals surface area contributed by atoms with E-state index in [-0.39, 0.29) is 24.0 Å². The fourth-order valence-electron chi connectivity index (χ4n) is 10.5. The Labute approximate surface area is 509 Å². The highest BCUT2D eigenvalue weighted by molar-refractivity contribution is 6.62. The van der Waals surface area contributed by atoms with Gasteiger partial charge in [0.2, 0.25) is 0 Å². The summed E-state index contributed by atoms with van der Waals surface area (Å²) >= 11 is 37.0. The van der Waals surface area contributed by atoms with Gasteiger partial charge >= 0.3 is 20.2 Å². The standard InChI is InChI=1S/C29H25BCl3N3O4.C19H13Cl3N2O3.C10H14BNO2.ClH/c1-28(2)19-11-16(6-8-20(19)30(38)39-28)15-34-27(37)25-9-7-18(24-5-4-10-36(24)25)23-14-29(3,40-35-23)17-12-21(31)26(33)22(32)13-17;1-19(10-7-12(20)17(22)13(21)8-10)9-14(23-27-19)11-4-5-16(18(25)26)24-6-2-3-15(11)24;1-10(2)8-5-7(6-12)3-4-9(8)11(13)14-10;/h4-13,38H,14-15H2,1-3H3,(H,34,37);2-8H,9H2,1H3,(H,25,26);3-5,13H,6,12H2,1-2H3;1H. The Kier molecular flexibility index (Phi) is 17.3. The van der Waals surface area contributed by atoms with Gasteiger partial charge in [-0.25, -0.2) is 4.79 Å². The number of aromatic nitrogens is 2. The topological polar surface area (TPSA) is 203 Å². The van der Waals surface area contributed by atoms with Crippen molar-refractivity contribution in [1.82, 2.24) is 14.1 Å². The number of hydrogen-bond donors (Lipinski definition) is 5. The van der Waals surface area contributed by atoms with E-state index >= 15 is 0 Å². The van der Waals surface area contributed by atoms with Crippen LogP contribution in [0.2, 0.25) is 30.1 Å². The molecule has 82 heavy (non-hydrogen) atoms. The molecule has 1 amide bonds. The van der Waals surface area contributed by atoms with Gasteiger partial charge in [-0.2, -0.15) is 0 Å². The minimum absolute atomic E-state index is 0. The molecule has 2 atom stereocenters. The summed E-state index contributed by atoms with van der Waals surface area (Å²) in [5.74, 6) is -1.22. The van der Waals surface area contributed by atoms with Crippen LogP contribution < -0.4 is 22.0 Å². The number of hydrogen-bond acceptors (Lipinski definition) is 11. The molecule has 0 fully saturated rings. The lowest BCUT2D eigenvalue weighted by atomic mass is 9.78. The summed E-state index contributed by atoms with van der Waals surface area (Å²) in [6, 6.07) is 32.9. The highest BCUT2D eigenvalue weighted by Crippen LogP contribution is 2.44. The van der Waals surface area contributed by atoms with E-state index in [0.29, 0.717) is 67.5 Å². The maximum atomic E-state index is 13.3. The molecular weight excluding hydrogens is 1190 g/mol. The molecule has 12 rings (SSSR count). The lowest BCUT2D eigenvalue weighted by Crippen LogP contribution is -2.29. The molecule has 2 unspecified atom stereocenters. The SMILES string of the molecule is CC1(C)OB(O)c2ccc(CN)cc21.CC1(C)OB(O)c2ccc(CNC(=O)c3ccc(C4=NOC(C)(c5cc(Cl)c(Cl)c(Cl)c5)C4)c4cccn34)cc21.CC1(c2cc(Cl)c(Cl)c(Cl)c2)CC(c2ccc(C(=O)O)n3cccc23)=NO1.Cl. The molecule has 0 bridgehead atoms. The van der Waals surface area contributed by atoms with Crippen LogP contribution in [0.1, 0.15) is 120 Å². The fraction of sp³-hybridized carbons (Fsp3) is 0.241. The molecular formula is C58H53B2Cl7N6O9. The molecule has 0 radical (unpaired) electrons. The van der Waals surface area contributed by atoms with Gasteiger partial charge in [-0.15, -0.1) is 12.4 Å². The first kappa shape index (κ1) is 60.8. The average Bonchev–Trinajstić information content (AvgIpc) is 4.32. The number of nitrogens with zero attached hydrogens (tertiary/aromatic N) is 4. The zero-order chi connectivity index (χ0) is 58.1. The Morgan fingerprint density at radius 2 is 1.02 bits per heavy atom. The largest absolute Gasteiger partial charge is 0.492 e. The van der Waals surface area contributed by atoms with E-state index < -0.39 is 42.6 Å². The lowest BCUT2D eigenvalue weighted by molar-refractivity contribution is -0.00755. The van der Waals surface area contributed by atoms with E-state index in [0.717, 1.165) is 72.2 Å². The third-order valence-electron chi connectivity index (χ3n) is 14.9. The Hall–Kier alpha value is -5.76. The van der Waals surface area contributed by atoms with Crippen molar-refractivity contribution >= 4 is 142 Å². The number of carboxylic acid groups (broad SMARTS) is 1. The number of rotatable bonds is 9. The molecule has 0 aliphatic carbocycles. The summed E-state index contributed by atoms with van der Waals surface area (Å²) in [5, 5.41) is 42.8. The van der Waals surface area contributed by atoms with Crippen LogP contribution in [0.25, 0.3) is 11.0 Å². The zero-order valence-corrected chi connectivity index (χ0v) is 50.2. The summed E-state index contributed by atoms with van der Waals surface area (Å²) in [6.45, 7) is 12.4. The van der Waals surface area contributed by atoms with Crippen molar-refractivity contribution in [2.24, 2.45) is 16.0 Å². The van der Waals surface area contributed by atoms with Crippen LogP contribution in [0.15, 0.2) is 132 Å². The second-order valence-electron chi connectivity index (χ2n) is 21.4. The first-order valence-electron chi connectivity index (χ1n) is 25.5. The molecule has 424 valence electrons. The van der Waals surface area contributed by atoms with Crippen molar-refractivity contribution in [1.29, 1.82) is 0 Å². The maximum Gasteiger partial charge on any atom is 0.492 e. The zero-order valence-electron chi connectivity index (χ0n) is 44.9. The number of pyridine rings is 2. The molecule has 0 saturated heterocycles. The summed E-state index contributed by atoms with van der Waals surface area (Å²) in [5.41, 5.74) is 15.4. The number of nitrogens with one attached hydrogen (secondary N) is 1. The summed E-state index contributed by atoms with van der Waals surface area (Å²) in [7, 11) is -1.74. The van der Waals surface area contributed by atoms with Crippen LogP contribution in [0.5, 0.6) is 0 Å². The van der Waals surface area contributed by atoms with Crippen molar-refractivity contribution < 1.29 is 43.7 Å². The minimum atomic E-state index is -0.998. The minimum Gasteiger partial charge on any atom is -0.477 e. The molecule has 15 nitrogen and oxygen atoms in total. The van der Waals surface area contributed by atoms with E-state index in [1.165, 1.54) is 0 Å². The number of oxime groups is 2. The second kappa shape index (κ2) is 23.4. The van der Waals surface area contributed by atoms with E-state index in [2.05, 4.69) is 15.6 Å². The summed E-state index contributed by atoms with van der Waals surface area (Å²) < 4.78 is 14.5. The molecule has 6 N–H and O–H groups in total. The van der Waals surface area contributed by atoms with Gasteiger partial charge in [0.15, 0.2) is 11.2 Å². The Morgan fingerprint density at radius 1 is 0.610 bits per heavy atom. The first-order valence-corrected chi connectivity index (χ1v) is 27.8. The molecule has 8 aromatic rings. The van der Waals surface area contributed by atoms with E-state index in [4.69, 9.17) is 94.3 Å². The van der Waals surface area contributed by atoms with E-state index in [9.17, 15) is 24.7 Å². The highest BCUT2D eigenvalue weighted by Gasteiger charge is 2.43. The fourth-order valence-corrected chi connectivity index (χ4v) is 11.7. The van der Waals surface area contributed by atoms with Gasteiger partial charge in [-0.3, -0.25) is 4.79 Å². The number of carbonyl (C=O) groups excluding carboxylic acids is 1. The van der Waals surface area contributed by atoms with E-state index in [1.54, 1.807) is 59.1 Å². The van der Waals surface area contributed by atoms with Gasteiger partial charge in [-0.1, -0.05) is 116 Å². The monoisotopic (exact) mass is 1240 g/mol. The van der Waals surface area contributed by atoms with Gasteiger partial charge in [0.25, 0.3) is 5.91 Å². The Morgan fingerprint density at radius 3 is 1.46 bits per heavy atom. The van der Waals surface area contributed by atoms with Gasteiger partial charge in [0.05, 0.1) is 63.8 Å². The van der Waals surface area contributed by atoms with Crippen molar-refractivity contribution in [2.75, 3.05) is 0 Å². The predicted octanol–water partition coefficient (Wildman–Crippen LogP) is 12.0. The quantitative estimate of drug-likeness (QED) is 0.0683. The highest BCUT2D eigenvalue weighted by atomic mass is 35.5. The van der Waals surface area contributed by atoms with Crippen LogP contribution in [-0.2, 0) is 54.5 Å². The number of carboxylic acids is 1. The van der Waals surface area contributed by atoms with Crippen molar-refractivity contribution in [3.05, 3.63) is 208 Å². The van der Waals surface area contributed by atoms with Crippen molar-refractivity contribution in [2.45, 2.75) is 89.9 Å². The Bertz CT molecular complexity index is 3880. The molecule has 4 aromatic carbocycles. The third-order valence-corrected chi connectivity index (χ3v) is 17.3. The number of fused-ring (bicyclic) bond motifs is 4. The second-order valence-corrected chi connectivity index (χ2v) is 23.8. The molecule has 4 aliphatic rings. The summed E-state index contributed by atoms with van der Waals surface area (Å²) in [4.78, 5) is 36.3. The van der Waals surface area contributed by atoms with Gasteiger partial charge in [-0.05, 0) is 148 Å². The van der Waals surface area contributed by atoms with Crippen LogP contribution in [-0.4, -0.2) is 61.5 Å². The van der Waals surface area contributed by atoms with Crippen LogP contribution in [0.3, 0.4) is 0 Å².